The molecule has 0 saturated carbocycles. The summed E-state index contributed by atoms with van der Waals surface area (Å²) in [6.07, 6.45) is -1.68. The lowest BCUT2D eigenvalue weighted by Crippen LogP contribution is -2.16. The van der Waals surface area contributed by atoms with Crippen LogP contribution in [-0.4, -0.2) is 15.2 Å². The first-order chi connectivity index (χ1) is 10.6. The molecule has 1 aliphatic carbocycles. The lowest BCUT2D eigenvalue weighted by Gasteiger charge is -2.24. The van der Waals surface area contributed by atoms with Gasteiger partial charge in [-0.25, -0.2) is 9.37 Å². The van der Waals surface area contributed by atoms with Gasteiger partial charge >= 0.3 is 0 Å². The summed E-state index contributed by atoms with van der Waals surface area (Å²) in [6.45, 7) is 0. The minimum Gasteiger partial charge on any atom is -0.383 e. The summed E-state index contributed by atoms with van der Waals surface area (Å²) in [4.78, 5) is 5.05. The van der Waals surface area contributed by atoms with Gasteiger partial charge in [0.1, 0.15) is 23.0 Å². The molecule has 0 fully saturated rings. The van der Waals surface area contributed by atoms with Crippen molar-refractivity contribution in [3.8, 4) is 10.6 Å². The van der Waals surface area contributed by atoms with Gasteiger partial charge in [0.05, 0.1) is 10.6 Å². The van der Waals surface area contributed by atoms with Gasteiger partial charge in [0, 0.05) is 5.56 Å². The molecule has 2 N–H and O–H groups in total. The second kappa shape index (κ2) is 4.98. The van der Waals surface area contributed by atoms with Crippen molar-refractivity contribution in [1.82, 2.24) is 4.98 Å². The van der Waals surface area contributed by atoms with Crippen LogP contribution in [0.3, 0.4) is 0 Å². The zero-order chi connectivity index (χ0) is 15.3. The highest BCUT2D eigenvalue weighted by molar-refractivity contribution is 7.15. The number of hydrogen-bond acceptors (Lipinski definition) is 4. The van der Waals surface area contributed by atoms with Gasteiger partial charge in [-0.05, 0) is 23.3 Å². The average Bonchev–Trinajstić information content (AvgIpc) is 2.98. The summed E-state index contributed by atoms with van der Waals surface area (Å²) >= 11 is 1.28. The Balaban J connectivity index is 1.86. The molecular formula is C17H12FNO2S. The molecule has 1 aliphatic rings. The van der Waals surface area contributed by atoms with E-state index < -0.39 is 12.2 Å². The molecule has 22 heavy (non-hydrogen) atoms. The van der Waals surface area contributed by atoms with Crippen LogP contribution in [0.2, 0.25) is 0 Å². The highest BCUT2D eigenvalue weighted by Gasteiger charge is 2.33. The van der Waals surface area contributed by atoms with E-state index in [-0.39, 0.29) is 5.82 Å². The zero-order valence-corrected chi connectivity index (χ0v) is 12.2. The lowest BCUT2D eigenvalue weighted by atomic mass is 9.89. The van der Waals surface area contributed by atoms with Crippen LogP contribution in [0.15, 0.2) is 48.5 Å². The SMILES string of the molecule is OC1c2ccccc2C(O)c2sc(-c3cccc(F)c3)nc21. The maximum Gasteiger partial charge on any atom is 0.124 e. The van der Waals surface area contributed by atoms with E-state index >= 15 is 0 Å². The van der Waals surface area contributed by atoms with Crippen LogP contribution in [-0.2, 0) is 0 Å². The fourth-order valence-corrected chi connectivity index (χ4v) is 3.88. The predicted molar refractivity (Wildman–Crippen MR) is 82.1 cm³/mol. The van der Waals surface area contributed by atoms with E-state index in [0.29, 0.717) is 32.3 Å². The van der Waals surface area contributed by atoms with Crippen LogP contribution in [0.4, 0.5) is 4.39 Å². The monoisotopic (exact) mass is 313 g/mol. The van der Waals surface area contributed by atoms with Crippen molar-refractivity contribution < 1.29 is 14.6 Å². The van der Waals surface area contributed by atoms with Gasteiger partial charge in [0.15, 0.2) is 0 Å². The van der Waals surface area contributed by atoms with E-state index in [4.69, 9.17) is 0 Å². The molecule has 0 saturated heterocycles. The predicted octanol–water partition coefficient (Wildman–Crippen LogP) is 3.43. The molecule has 0 bridgehead atoms. The van der Waals surface area contributed by atoms with Crippen LogP contribution in [0, 0.1) is 5.82 Å². The molecule has 0 radical (unpaired) electrons. The van der Waals surface area contributed by atoms with Crippen molar-refractivity contribution in [3.63, 3.8) is 0 Å². The van der Waals surface area contributed by atoms with E-state index in [9.17, 15) is 14.6 Å². The summed E-state index contributed by atoms with van der Waals surface area (Å²) in [5, 5.41) is 21.6. The fourth-order valence-electron chi connectivity index (χ4n) is 2.78. The highest BCUT2D eigenvalue weighted by Crippen LogP contribution is 2.45. The molecule has 3 nitrogen and oxygen atoms in total. The van der Waals surface area contributed by atoms with Crippen molar-refractivity contribution in [3.05, 3.63) is 76.0 Å². The number of hydrogen-bond donors (Lipinski definition) is 2. The van der Waals surface area contributed by atoms with Gasteiger partial charge in [-0.15, -0.1) is 11.3 Å². The zero-order valence-electron chi connectivity index (χ0n) is 11.4. The molecule has 0 amide bonds. The van der Waals surface area contributed by atoms with Gasteiger partial charge in [0.25, 0.3) is 0 Å². The Hall–Kier alpha value is -2.08. The van der Waals surface area contributed by atoms with Crippen LogP contribution in [0.1, 0.15) is 33.9 Å². The molecule has 110 valence electrons. The van der Waals surface area contributed by atoms with Crippen molar-refractivity contribution in [1.29, 1.82) is 0 Å². The Bertz CT molecular complexity index is 815. The van der Waals surface area contributed by atoms with Gasteiger partial charge in [-0.2, -0.15) is 0 Å². The normalized spacial score (nSPS) is 19.6. The number of thiazole rings is 1. The number of aromatic nitrogens is 1. The second-order valence-corrected chi connectivity index (χ2v) is 6.24. The maximum absolute atomic E-state index is 13.4. The molecule has 4 rings (SSSR count). The van der Waals surface area contributed by atoms with Crippen molar-refractivity contribution in [2.45, 2.75) is 12.2 Å². The molecule has 5 heteroatoms. The topological polar surface area (TPSA) is 53.4 Å². The smallest absolute Gasteiger partial charge is 0.124 e. The van der Waals surface area contributed by atoms with Gasteiger partial charge < -0.3 is 10.2 Å². The Kier molecular flexibility index (Phi) is 3.07. The van der Waals surface area contributed by atoms with Gasteiger partial charge in [0.2, 0.25) is 0 Å². The molecule has 1 aromatic heterocycles. The Labute approximate surface area is 130 Å². The van der Waals surface area contributed by atoms with Crippen molar-refractivity contribution in [2.24, 2.45) is 0 Å². The molecule has 2 aromatic carbocycles. The molecular weight excluding hydrogens is 301 g/mol. The summed E-state index contributed by atoms with van der Waals surface area (Å²) in [5.41, 5.74) is 2.45. The van der Waals surface area contributed by atoms with Gasteiger partial charge in [-0.1, -0.05) is 36.4 Å². The van der Waals surface area contributed by atoms with Gasteiger partial charge in [-0.3, -0.25) is 0 Å². The fraction of sp³-hybridized carbons (Fsp3) is 0.118. The summed E-state index contributed by atoms with van der Waals surface area (Å²) in [6, 6.07) is 13.4. The van der Waals surface area contributed by atoms with E-state index in [1.54, 1.807) is 24.3 Å². The number of aliphatic hydroxyl groups is 2. The van der Waals surface area contributed by atoms with Crippen LogP contribution in [0.25, 0.3) is 10.6 Å². The number of halogens is 1. The molecule has 0 aliphatic heterocycles. The molecule has 1 heterocycles. The number of aliphatic hydroxyl groups excluding tert-OH is 2. The van der Waals surface area contributed by atoms with E-state index in [0.717, 1.165) is 0 Å². The van der Waals surface area contributed by atoms with Crippen molar-refractivity contribution in [2.75, 3.05) is 0 Å². The second-order valence-electron chi connectivity index (χ2n) is 5.21. The minimum atomic E-state index is -0.867. The number of benzene rings is 2. The first-order valence-electron chi connectivity index (χ1n) is 6.86. The van der Waals surface area contributed by atoms with E-state index in [1.165, 1.54) is 23.5 Å². The lowest BCUT2D eigenvalue weighted by molar-refractivity contribution is 0.173. The highest BCUT2D eigenvalue weighted by atomic mass is 32.1. The third-order valence-electron chi connectivity index (χ3n) is 3.85. The summed E-state index contributed by atoms with van der Waals surface area (Å²) in [7, 11) is 0. The van der Waals surface area contributed by atoms with Crippen LogP contribution >= 0.6 is 11.3 Å². The summed E-state index contributed by atoms with van der Waals surface area (Å²) in [5.74, 6) is -0.338. The van der Waals surface area contributed by atoms with E-state index in [2.05, 4.69) is 4.98 Å². The maximum atomic E-state index is 13.4. The first-order valence-corrected chi connectivity index (χ1v) is 7.68. The Morgan fingerprint density at radius 1 is 0.955 bits per heavy atom. The first kappa shape index (κ1) is 13.6. The molecule has 2 unspecified atom stereocenters. The Morgan fingerprint density at radius 3 is 2.41 bits per heavy atom. The van der Waals surface area contributed by atoms with Crippen molar-refractivity contribution >= 4 is 11.3 Å². The van der Waals surface area contributed by atoms with E-state index in [1.807, 2.05) is 12.1 Å². The quantitative estimate of drug-likeness (QED) is 0.724. The van der Waals surface area contributed by atoms with Crippen LogP contribution in [0.5, 0.6) is 0 Å². The number of rotatable bonds is 1. The molecule has 2 atom stereocenters. The Morgan fingerprint density at radius 2 is 1.68 bits per heavy atom. The third-order valence-corrected chi connectivity index (χ3v) is 5.02. The third kappa shape index (κ3) is 1.98. The molecule has 0 spiro atoms. The minimum absolute atomic E-state index is 0.338. The average molecular weight is 313 g/mol. The number of fused-ring (bicyclic) bond motifs is 2. The largest absolute Gasteiger partial charge is 0.383 e. The standard InChI is InChI=1S/C17H12FNO2S/c18-10-5-3-4-9(8-10)17-19-13-14(20)11-6-1-2-7-12(11)15(21)16(13)22-17/h1-8,14-15,20-21H. The van der Waals surface area contributed by atoms with Crippen LogP contribution < -0.4 is 0 Å². The number of nitrogens with zero attached hydrogens (tertiary/aromatic N) is 1. The molecule has 3 aromatic rings. The summed E-state index contributed by atoms with van der Waals surface area (Å²) < 4.78 is 13.4.